The lowest BCUT2D eigenvalue weighted by Crippen LogP contribution is -2.38. The highest BCUT2D eigenvalue weighted by atomic mass is 16.6. The van der Waals surface area contributed by atoms with Crippen molar-refractivity contribution in [1.29, 1.82) is 0 Å². The number of hydrogen-bond donors (Lipinski definition) is 2. The van der Waals surface area contributed by atoms with Crippen molar-refractivity contribution in [2.45, 2.75) is 77.9 Å². The van der Waals surface area contributed by atoms with E-state index in [2.05, 4.69) is 12.2 Å². The predicted octanol–water partition coefficient (Wildman–Crippen LogP) is 2.69. The minimum atomic E-state index is -0.831. The summed E-state index contributed by atoms with van der Waals surface area (Å²) < 4.78 is 5.29. The van der Waals surface area contributed by atoms with Gasteiger partial charge in [0.25, 0.3) is 0 Å². The van der Waals surface area contributed by atoms with Crippen LogP contribution in [0.1, 0.15) is 66.2 Å². The zero-order chi connectivity index (χ0) is 18.2. The van der Waals surface area contributed by atoms with Crippen molar-refractivity contribution in [2.24, 2.45) is 5.92 Å². The van der Waals surface area contributed by atoms with Gasteiger partial charge in [0.15, 0.2) is 0 Å². The summed E-state index contributed by atoms with van der Waals surface area (Å²) in [5.74, 6) is -0.750. The Hall–Kier alpha value is -1.30. The minimum Gasteiger partial charge on any atom is -0.444 e. The maximum atomic E-state index is 12.2. The smallest absolute Gasteiger partial charge is 0.410 e. The number of rotatable bonds is 8. The Morgan fingerprint density at radius 2 is 1.75 bits per heavy atom. The van der Waals surface area contributed by atoms with Gasteiger partial charge in [-0.25, -0.2) is 4.79 Å². The van der Waals surface area contributed by atoms with Gasteiger partial charge in [0, 0.05) is 13.1 Å². The Labute approximate surface area is 145 Å². The maximum Gasteiger partial charge on any atom is 0.410 e. The van der Waals surface area contributed by atoms with Gasteiger partial charge in [0.2, 0.25) is 5.91 Å². The van der Waals surface area contributed by atoms with E-state index in [1.54, 1.807) is 20.8 Å². The van der Waals surface area contributed by atoms with Gasteiger partial charge in [-0.1, -0.05) is 39.0 Å². The number of amides is 2. The molecule has 1 aliphatic heterocycles. The first-order valence-electron chi connectivity index (χ1n) is 9.18. The first-order valence-corrected chi connectivity index (χ1v) is 9.18. The van der Waals surface area contributed by atoms with E-state index in [1.165, 1.54) is 30.6 Å². The first kappa shape index (κ1) is 20.7. The van der Waals surface area contributed by atoms with Gasteiger partial charge in [0.05, 0.1) is 18.6 Å². The molecule has 0 aromatic rings. The molecule has 2 atom stereocenters. The summed E-state index contributed by atoms with van der Waals surface area (Å²) in [5.41, 5.74) is -0.583. The monoisotopic (exact) mass is 342 g/mol. The number of β-amino-alcohol motifs (C(OH)–C–C–N with tert-alkyl or cyclic N) is 1. The first-order chi connectivity index (χ1) is 11.2. The van der Waals surface area contributed by atoms with Crippen molar-refractivity contribution < 1.29 is 19.4 Å². The molecular weight excluding hydrogens is 308 g/mol. The molecule has 1 fully saturated rings. The number of hydrogen-bond acceptors (Lipinski definition) is 4. The third-order valence-electron chi connectivity index (χ3n) is 4.11. The summed E-state index contributed by atoms with van der Waals surface area (Å²) in [6, 6.07) is 0. The third kappa shape index (κ3) is 7.51. The van der Waals surface area contributed by atoms with Crippen LogP contribution >= 0.6 is 0 Å². The highest BCUT2D eigenvalue weighted by Gasteiger charge is 2.39. The van der Waals surface area contributed by atoms with Gasteiger partial charge >= 0.3 is 6.09 Å². The molecule has 0 bridgehead atoms. The number of nitrogens with one attached hydrogen (secondary N) is 1. The number of unbranched alkanes of at least 4 members (excludes halogenated alkanes) is 5. The fourth-order valence-electron chi connectivity index (χ4n) is 2.77. The molecule has 6 heteroatoms. The van der Waals surface area contributed by atoms with Crippen molar-refractivity contribution in [2.75, 3.05) is 19.6 Å². The predicted molar refractivity (Wildman–Crippen MR) is 93.7 cm³/mol. The molecule has 6 nitrogen and oxygen atoms in total. The lowest BCUT2D eigenvalue weighted by atomic mass is 10.1. The highest BCUT2D eigenvalue weighted by molar-refractivity contribution is 5.81. The standard InChI is InChI=1S/C18H34N2O4/c1-5-6-7-8-9-10-11-19-16(22)14-12-20(13-15(14)21)17(23)24-18(2,3)4/h14-15,21H,5-13H2,1-4H3,(H,19,22)/t14-,15+/m1/s1. The topological polar surface area (TPSA) is 78.9 Å². The van der Waals surface area contributed by atoms with Crippen LogP contribution < -0.4 is 5.32 Å². The summed E-state index contributed by atoms with van der Waals surface area (Å²) in [7, 11) is 0. The Bertz CT molecular complexity index is 406. The van der Waals surface area contributed by atoms with Gasteiger partial charge in [-0.3, -0.25) is 4.79 Å². The van der Waals surface area contributed by atoms with Crippen LogP contribution in [0.15, 0.2) is 0 Å². The van der Waals surface area contributed by atoms with Gasteiger partial charge in [0.1, 0.15) is 5.60 Å². The number of aliphatic hydroxyl groups is 1. The molecule has 1 saturated heterocycles. The van der Waals surface area contributed by atoms with E-state index in [0.717, 1.165) is 12.8 Å². The molecule has 24 heavy (non-hydrogen) atoms. The summed E-state index contributed by atoms with van der Waals surface area (Å²) in [5, 5.41) is 12.9. The van der Waals surface area contributed by atoms with Gasteiger partial charge in [-0.05, 0) is 27.2 Å². The quantitative estimate of drug-likeness (QED) is 0.665. The average Bonchev–Trinajstić information content (AvgIpc) is 2.86. The highest BCUT2D eigenvalue weighted by Crippen LogP contribution is 2.20. The van der Waals surface area contributed by atoms with E-state index in [0.29, 0.717) is 6.54 Å². The molecule has 0 spiro atoms. The van der Waals surface area contributed by atoms with Crippen LogP contribution in [-0.4, -0.2) is 53.3 Å². The molecule has 0 unspecified atom stereocenters. The summed E-state index contributed by atoms with van der Waals surface area (Å²) >= 11 is 0. The van der Waals surface area contributed by atoms with Crippen molar-refractivity contribution in [3.05, 3.63) is 0 Å². The molecule has 0 saturated carbocycles. The second kappa shape index (κ2) is 9.87. The number of carbonyl (C=O) groups excluding carboxylic acids is 2. The summed E-state index contributed by atoms with van der Waals surface area (Å²) in [6.45, 7) is 8.54. The number of likely N-dealkylation sites (tertiary alicyclic amines) is 1. The fraction of sp³-hybridized carbons (Fsp3) is 0.889. The molecular formula is C18H34N2O4. The van der Waals surface area contributed by atoms with Crippen molar-refractivity contribution in [3.8, 4) is 0 Å². The summed E-state index contributed by atoms with van der Waals surface area (Å²) in [6.07, 6.45) is 5.69. The second-order valence-corrected chi connectivity index (χ2v) is 7.62. The van der Waals surface area contributed by atoms with Crippen LogP contribution in [0, 0.1) is 5.92 Å². The molecule has 0 aromatic heterocycles. The van der Waals surface area contributed by atoms with Gasteiger partial charge in [-0.15, -0.1) is 0 Å². The van der Waals surface area contributed by atoms with E-state index in [1.807, 2.05) is 0 Å². The Morgan fingerprint density at radius 3 is 2.38 bits per heavy atom. The van der Waals surface area contributed by atoms with Crippen LogP contribution in [0.25, 0.3) is 0 Å². The van der Waals surface area contributed by atoms with Crippen molar-refractivity contribution >= 4 is 12.0 Å². The van der Waals surface area contributed by atoms with E-state index < -0.39 is 23.7 Å². The summed E-state index contributed by atoms with van der Waals surface area (Å²) in [4.78, 5) is 25.6. The maximum absolute atomic E-state index is 12.2. The van der Waals surface area contributed by atoms with Crippen molar-refractivity contribution in [3.63, 3.8) is 0 Å². The third-order valence-corrected chi connectivity index (χ3v) is 4.11. The minimum absolute atomic E-state index is 0.143. The normalized spacial score (nSPS) is 21.0. The molecule has 0 aliphatic carbocycles. The van der Waals surface area contributed by atoms with E-state index in [9.17, 15) is 14.7 Å². The van der Waals surface area contributed by atoms with Crippen LogP contribution in [-0.2, 0) is 9.53 Å². The average molecular weight is 342 g/mol. The Kier molecular flexibility index (Phi) is 8.53. The van der Waals surface area contributed by atoms with E-state index in [4.69, 9.17) is 4.74 Å². The molecule has 1 rings (SSSR count). The number of carbonyl (C=O) groups is 2. The largest absolute Gasteiger partial charge is 0.444 e. The Morgan fingerprint density at radius 1 is 1.12 bits per heavy atom. The molecule has 0 aromatic carbocycles. The lowest BCUT2D eigenvalue weighted by Gasteiger charge is -2.24. The number of aliphatic hydroxyl groups excluding tert-OH is 1. The molecule has 2 amide bonds. The van der Waals surface area contributed by atoms with Crippen LogP contribution in [0.2, 0.25) is 0 Å². The molecule has 140 valence electrons. The van der Waals surface area contributed by atoms with Crippen molar-refractivity contribution in [1.82, 2.24) is 10.2 Å². The van der Waals surface area contributed by atoms with Gasteiger partial charge in [-0.2, -0.15) is 0 Å². The second-order valence-electron chi connectivity index (χ2n) is 7.62. The fourth-order valence-corrected chi connectivity index (χ4v) is 2.77. The SMILES string of the molecule is CCCCCCCCNC(=O)[C@@H]1CN(C(=O)OC(C)(C)C)C[C@@H]1O. The number of nitrogens with zero attached hydrogens (tertiary/aromatic N) is 1. The molecule has 0 radical (unpaired) electrons. The molecule has 2 N–H and O–H groups in total. The van der Waals surface area contributed by atoms with Crippen LogP contribution in [0.3, 0.4) is 0 Å². The zero-order valence-corrected chi connectivity index (χ0v) is 15.6. The van der Waals surface area contributed by atoms with E-state index >= 15 is 0 Å². The van der Waals surface area contributed by atoms with Gasteiger partial charge < -0.3 is 20.1 Å². The molecule has 1 heterocycles. The zero-order valence-electron chi connectivity index (χ0n) is 15.6. The number of ether oxygens (including phenoxy) is 1. The van der Waals surface area contributed by atoms with Crippen LogP contribution in [0.4, 0.5) is 4.79 Å². The lowest BCUT2D eigenvalue weighted by molar-refractivity contribution is -0.126. The Balaban J connectivity index is 2.29. The molecule has 1 aliphatic rings. The van der Waals surface area contributed by atoms with E-state index in [-0.39, 0.29) is 19.0 Å². The van der Waals surface area contributed by atoms with Crippen LogP contribution in [0.5, 0.6) is 0 Å².